The van der Waals surface area contributed by atoms with Crippen LogP contribution in [0.5, 0.6) is 0 Å². The van der Waals surface area contributed by atoms with Gasteiger partial charge in [0.15, 0.2) is 11.2 Å². The summed E-state index contributed by atoms with van der Waals surface area (Å²) in [5.41, 5.74) is 0.103. The second-order valence-corrected chi connectivity index (χ2v) is 4.03. The molecular formula is C13H13NO4. The van der Waals surface area contributed by atoms with E-state index in [9.17, 15) is 9.59 Å². The molecule has 0 radical (unpaired) electrons. The highest BCUT2D eigenvalue weighted by atomic mass is 16.3. The molecule has 0 fully saturated rings. The molecule has 0 aliphatic rings. The fraction of sp³-hybridized carbons (Fsp3) is 0.231. The largest absolute Gasteiger partial charge is 0.451 e. The number of carbonyl (C=O) groups excluding carboxylic acids is 1. The number of fused-ring (bicyclic) bond motifs is 1. The number of rotatable bonds is 3. The summed E-state index contributed by atoms with van der Waals surface area (Å²) in [6.45, 7) is 1.66. The summed E-state index contributed by atoms with van der Waals surface area (Å²) in [5, 5.41) is 12.0. The molecule has 0 aliphatic carbocycles. The highest BCUT2D eigenvalue weighted by Crippen LogP contribution is 2.11. The number of hydrogen-bond donors (Lipinski definition) is 2. The first-order valence-electron chi connectivity index (χ1n) is 5.57. The van der Waals surface area contributed by atoms with E-state index in [2.05, 4.69) is 5.32 Å². The molecule has 1 aromatic carbocycles. The third-order valence-corrected chi connectivity index (χ3v) is 2.42. The Labute approximate surface area is 103 Å². The smallest absolute Gasteiger partial charge is 0.287 e. The van der Waals surface area contributed by atoms with Gasteiger partial charge in [0.2, 0.25) is 0 Å². The zero-order chi connectivity index (χ0) is 13.1. The number of nitrogens with one attached hydrogen (secondary N) is 1. The lowest BCUT2D eigenvalue weighted by atomic mass is 10.2. The van der Waals surface area contributed by atoms with Crippen LogP contribution in [-0.4, -0.2) is 23.7 Å². The van der Waals surface area contributed by atoms with Crippen LogP contribution in [0.2, 0.25) is 0 Å². The number of hydrogen-bond acceptors (Lipinski definition) is 4. The maximum Gasteiger partial charge on any atom is 0.287 e. The number of aliphatic hydroxyl groups excluding tert-OH is 1. The molecule has 5 nitrogen and oxygen atoms in total. The highest BCUT2D eigenvalue weighted by molar-refractivity contribution is 5.93. The molecule has 94 valence electrons. The van der Waals surface area contributed by atoms with Crippen LogP contribution < -0.4 is 10.7 Å². The normalized spacial score (nSPS) is 12.3. The Hall–Kier alpha value is -2.14. The molecule has 1 atom stereocenters. The van der Waals surface area contributed by atoms with E-state index in [0.717, 1.165) is 6.07 Å². The van der Waals surface area contributed by atoms with E-state index in [0.29, 0.717) is 11.0 Å². The number of aliphatic hydroxyl groups is 1. The Bertz CT molecular complexity index is 630. The van der Waals surface area contributed by atoms with Crippen LogP contribution >= 0.6 is 0 Å². The van der Waals surface area contributed by atoms with E-state index in [4.69, 9.17) is 9.52 Å². The number of carbonyl (C=O) groups is 1. The van der Waals surface area contributed by atoms with Gasteiger partial charge in [0, 0.05) is 12.6 Å². The van der Waals surface area contributed by atoms with Crippen LogP contribution in [-0.2, 0) is 0 Å². The van der Waals surface area contributed by atoms with E-state index in [1.54, 1.807) is 31.2 Å². The molecule has 2 rings (SSSR count). The maximum atomic E-state index is 11.8. The predicted molar refractivity (Wildman–Crippen MR) is 66.5 cm³/mol. The van der Waals surface area contributed by atoms with Crippen molar-refractivity contribution in [3.63, 3.8) is 0 Å². The van der Waals surface area contributed by atoms with Crippen LogP contribution in [0.3, 0.4) is 0 Å². The Balaban J connectivity index is 2.35. The van der Waals surface area contributed by atoms with Crippen molar-refractivity contribution in [3.05, 3.63) is 46.3 Å². The van der Waals surface area contributed by atoms with Gasteiger partial charge in [-0.1, -0.05) is 12.1 Å². The first kappa shape index (κ1) is 12.3. The van der Waals surface area contributed by atoms with Gasteiger partial charge in [-0.05, 0) is 19.1 Å². The van der Waals surface area contributed by atoms with Crippen LogP contribution in [0.15, 0.2) is 39.5 Å². The van der Waals surface area contributed by atoms with Gasteiger partial charge in [0.05, 0.1) is 11.5 Å². The molecule has 0 saturated carbocycles. The Morgan fingerprint density at radius 1 is 1.44 bits per heavy atom. The summed E-state index contributed by atoms with van der Waals surface area (Å²) >= 11 is 0. The fourth-order valence-electron chi connectivity index (χ4n) is 1.54. The highest BCUT2D eigenvalue weighted by Gasteiger charge is 2.12. The molecule has 5 heteroatoms. The summed E-state index contributed by atoms with van der Waals surface area (Å²) < 4.78 is 5.34. The third-order valence-electron chi connectivity index (χ3n) is 2.42. The van der Waals surface area contributed by atoms with E-state index in [1.165, 1.54) is 0 Å². The Morgan fingerprint density at radius 3 is 2.89 bits per heavy atom. The van der Waals surface area contributed by atoms with Crippen LogP contribution in [0, 0.1) is 0 Å². The van der Waals surface area contributed by atoms with Crippen molar-refractivity contribution in [2.75, 3.05) is 6.54 Å². The van der Waals surface area contributed by atoms with E-state index in [-0.39, 0.29) is 17.7 Å². The van der Waals surface area contributed by atoms with E-state index >= 15 is 0 Å². The topological polar surface area (TPSA) is 79.5 Å². The Kier molecular flexibility index (Phi) is 3.43. The SMILES string of the molecule is C[C@H](O)CNC(=O)c1cc(=O)c2ccccc2o1. The van der Waals surface area contributed by atoms with Gasteiger partial charge in [0.1, 0.15) is 5.58 Å². The summed E-state index contributed by atoms with van der Waals surface area (Å²) in [7, 11) is 0. The van der Waals surface area contributed by atoms with Crippen LogP contribution in [0.25, 0.3) is 11.0 Å². The van der Waals surface area contributed by atoms with Gasteiger partial charge in [-0.25, -0.2) is 0 Å². The number of benzene rings is 1. The second-order valence-electron chi connectivity index (χ2n) is 4.03. The average molecular weight is 247 g/mol. The quantitative estimate of drug-likeness (QED) is 0.844. The molecule has 1 amide bonds. The van der Waals surface area contributed by atoms with E-state index in [1.807, 2.05) is 0 Å². The van der Waals surface area contributed by atoms with Crippen molar-refractivity contribution < 1.29 is 14.3 Å². The van der Waals surface area contributed by atoms with Gasteiger partial charge in [-0.15, -0.1) is 0 Å². The van der Waals surface area contributed by atoms with Crippen molar-refractivity contribution in [2.45, 2.75) is 13.0 Å². The second kappa shape index (κ2) is 5.01. The lowest BCUT2D eigenvalue weighted by Gasteiger charge is -2.06. The molecule has 1 aromatic heterocycles. The molecule has 0 spiro atoms. The number of para-hydroxylation sites is 1. The van der Waals surface area contributed by atoms with Crippen LogP contribution in [0.4, 0.5) is 0 Å². The summed E-state index contributed by atoms with van der Waals surface area (Å²) in [4.78, 5) is 23.4. The summed E-state index contributed by atoms with van der Waals surface area (Å²) in [6, 6.07) is 7.87. The van der Waals surface area contributed by atoms with Crippen LogP contribution in [0.1, 0.15) is 17.5 Å². The van der Waals surface area contributed by atoms with Crippen molar-refractivity contribution in [3.8, 4) is 0 Å². The van der Waals surface area contributed by atoms with Crippen molar-refractivity contribution in [2.24, 2.45) is 0 Å². The first-order chi connectivity index (χ1) is 8.58. The predicted octanol–water partition coefficient (Wildman–Crippen LogP) is 0.904. The minimum atomic E-state index is -0.652. The molecule has 18 heavy (non-hydrogen) atoms. The van der Waals surface area contributed by atoms with Crippen molar-refractivity contribution >= 4 is 16.9 Å². The lowest BCUT2D eigenvalue weighted by Crippen LogP contribution is -2.31. The van der Waals surface area contributed by atoms with Gasteiger partial charge >= 0.3 is 0 Å². The molecule has 0 aliphatic heterocycles. The first-order valence-corrected chi connectivity index (χ1v) is 5.57. The lowest BCUT2D eigenvalue weighted by molar-refractivity contribution is 0.0897. The minimum absolute atomic E-state index is 0.0562. The molecule has 0 unspecified atom stereocenters. The zero-order valence-electron chi connectivity index (χ0n) is 9.84. The van der Waals surface area contributed by atoms with Gasteiger partial charge in [0.25, 0.3) is 5.91 Å². The average Bonchev–Trinajstić information content (AvgIpc) is 2.36. The Morgan fingerprint density at radius 2 is 2.17 bits per heavy atom. The van der Waals surface area contributed by atoms with Crippen molar-refractivity contribution in [1.82, 2.24) is 5.32 Å². The van der Waals surface area contributed by atoms with Crippen molar-refractivity contribution in [1.29, 1.82) is 0 Å². The van der Waals surface area contributed by atoms with Gasteiger partial charge < -0.3 is 14.8 Å². The van der Waals surface area contributed by atoms with Gasteiger partial charge in [-0.3, -0.25) is 9.59 Å². The molecule has 1 heterocycles. The van der Waals surface area contributed by atoms with E-state index < -0.39 is 12.0 Å². The monoisotopic (exact) mass is 247 g/mol. The summed E-state index contributed by atoms with van der Waals surface area (Å²) in [5.74, 6) is -0.571. The maximum absolute atomic E-state index is 11.8. The summed E-state index contributed by atoms with van der Waals surface area (Å²) in [6.07, 6.45) is -0.652. The molecule has 2 N–H and O–H groups in total. The van der Waals surface area contributed by atoms with Gasteiger partial charge in [-0.2, -0.15) is 0 Å². The molecule has 2 aromatic rings. The third kappa shape index (κ3) is 2.57. The number of amides is 1. The zero-order valence-corrected chi connectivity index (χ0v) is 9.84. The fourth-order valence-corrected chi connectivity index (χ4v) is 1.54. The molecular weight excluding hydrogens is 234 g/mol. The molecule has 0 saturated heterocycles. The minimum Gasteiger partial charge on any atom is -0.451 e. The molecule has 0 bridgehead atoms. The standard InChI is InChI=1S/C13H13NO4/c1-8(15)7-14-13(17)12-6-10(16)9-4-2-3-5-11(9)18-12/h2-6,8,15H,7H2,1H3,(H,14,17)/t8-/m0/s1.